The number of fused-ring (bicyclic) bond motifs is 6. The van der Waals surface area contributed by atoms with Crippen LogP contribution >= 0.6 is 0 Å². The predicted octanol–water partition coefficient (Wildman–Crippen LogP) is 8.54. The van der Waals surface area contributed by atoms with E-state index in [2.05, 4.69) is 136 Å². The van der Waals surface area contributed by atoms with Gasteiger partial charge in [-0.1, -0.05) is 72.8 Å². The normalized spacial score (nSPS) is 15.8. The molecule has 6 bridgehead atoms. The fourth-order valence-electron chi connectivity index (χ4n) is 6.88. The molecule has 51 heavy (non-hydrogen) atoms. The van der Waals surface area contributed by atoms with Crippen molar-refractivity contribution in [1.82, 2.24) is 15.0 Å². The highest BCUT2D eigenvalue weighted by Gasteiger charge is 2.17. The first-order chi connectivity index (χ1) is 25.3. The third-order valence-corrected chi connectivity index (χ3v) is 9.37. The van der Waals surface area contributed by atoms with Gasteiger partial charge in [0.2, 0.25) is 0 Å². The summed E-state index contributed by atoms with van der Waals surface area (Å²) in [6.45, 7) is 6.09. The lowest BCUT2D eigenvalue weighted by Gasteiger charge is -2.25. The summed E-state index contributed by atoms with van der Waals surface area (Å²) in [4.78, 5) is 15.2. The van der Waals surface area contributed by atoms with E-state index in [9.17, 15) is 0 Å². The van der Waals surface area contributed by atoms with Crippen LogP contribution in [0.25, 0.3) is 67.6 Å². The zero-order chi connectivity index (χ0) is 34.2. The van der Waals surface area contributed by atoms with E-state index in [4.69, 9.17) is 23.9 Å². The van der Waals surface area contributed by atoms with E-state index in [0.29, 0.717) is 52.9 Å². The molecule has 5 heterocycles. The van der Waals surface area contributed by atoms with Crippen molar-refractivity contribution < 1.29 is 18.9 Å². The third-order valence-electron chi connectivity index (χ3n) is 9.37. The maximum Gasteiger partial charge on any atom is 0.0737 e. The number of nitrogens with one attached hydrogen (secondary N) is 2. The Labute approximate surface area is 298 Å². The van der Waals surface area contributed by atoms with E-state index >= 15 is 0 Å². The Morgan fingerprint density at radius 2 is 0.804 bits per heavy atom. The molecule has 0 amide bonds. The lowest BCUT2D eigenvalue weighted by molar-refractivity contribution is 0.00206. The Morgan fingerprint density at radius 3 is 1.27 bits per heavy atom. The van der Waals surface area contributed by atoms with Crippen molar-refractivity contribution in [3.8, 4) is 33.4 Å². The minimum absolute atomic E-state index is 0.561. The Morgan fingerprint density at radius 1 is 0.412 bits per heavy atom. The zero-order valence-corrected chi connectivity index (χ0v) is 28.6. The van der Waals surface area contributed by atoms with Crippen molar-refractivity contribution in [3.63, 3.8) is 0 Å². The van der Waals surface area contributed by atoms with E-state index in [-0.39, 0.29) is 0 Å². The number of benzene rings is 3. The second-order valence-electron chi connectivity index (χ2n) is 12.6. The highest BCUT2D eigenvalue weighted by molar-refractivity contribution is 6.00. The maximum absolute atomic E-state index is 5.90. The van der Waals surface area contributed by atoms with Crippen molar-refractivity contribution in [2.45, 2.75) is 0 Å². The summed E-state index contributed by atoms with van der Waals surface area (Å²) in [5.74, 6) is 0. The second kappa shape index (κ2) is 15.7. The first-order valence-electron chi connectivity index (χ1n) is 17.7. The number of H-pyrrole nitrogens is 2. The molecular weight excluding hydrogens is 636 g/mol. The summed E-state index contributed by atoms with van der Waals surface area (Å²) < 4.78 is 23.0. The highest BCUT2D eigenvalue weighted by Crippen LogP contribution is 2.37. The SMILES string of the molecule is C1=Cc2nc1c(-c1ccccc1)c1ccc([nH]1)c(-c1ccccc1)c1ccc([nH]1)c2-c1ccc(N2CCOCCOCCOCCOCC2)cc1. The van der Waals surface area contributed by atoms with Crippen LogP contribution in [0.2, 0.25) is 0 Å². The van der Waals surface area contributed by atoms with Crippen molar-refractivity contribution in [3.05, 3.63) is 121 Å². The molecule has 3 aromatic heterocycles. The van der Waals surface area contributed by atoms with Crippen LogP contribution in [-0.4, -0.2) is 80.9 Å². The fraction of sp³-hybridized carbons (Fsp3) is 0.233. The van der Waals surface area contributed by atoms with Gasteiger partial charge in [-0.2, -0.15) is 0 Å². The summed E-state index contributed by atoms with van der Waals surface area (Å²) in [5, 5.41) is 0. The molecule has 0 unspecified atom stereocenters. The van der Waals surface area contributed by atoms with Crippen LogP contribution < -0.4 is 4.90 Å². The summed E-state index contributed by atoms with van der Waals surface area (Å²) in [6.07, 6.45) is 4.27. The molecule has 2 aliphatic rings. The second-order valence-corrected chi connectivity index (χ2v) is 12.6. The van der Waals surface area contributed by atoms with Gasteiger partial charge in [0, 0.05) is 57.5 Å². The molecule has 6 aromatic rings. The van der Waals surface area contributed by atoms with E-state index in [1.807, 2.05) is 0 Å². The molecule has 258 valence electrons. The number of hydrogen-bond acceptors (Lipinski definition) is 6. The predicted molar refractivity (Wildman–Crippen MR) is 206 cm³/mol. The highest BCUT2D eigenvalue weighted by atomic mass is 16.6. The van der Waals surface area contributed by atoms with Crippen molar-refractivity contribution in [2.75, 3.05) is 70.8 Å². The minimum atomic E-state index is 0.561. The molecule has 1 fully saturated rings. The summed E-state index contributed by atoms with van der Waals surface area (Å²) in [5.41, 5.74) is 13.6. The molecule has 1 saturated heterocycles. The summed E-state index contributed by atoms with van der Waals surface area (Å²) in [6, 6.07) is 38.5. The van der Waals surface area contributed by atoms with Crippen LogP contribution in [0.1, 0.15) is 11.4 Å². The Balaban J connectivity index is 1.23. The molecule has 0 radical (unpaired) electrons. The van der Waals surface area contributed by atoms with Crippen molar-refractivity contribution in [1.29, 1.82) is 0 Å². The molecule has 0 spiro atoms. The molecular formula is C43H42N4O4. The quantitative estimate of drug-likeness (QED) is 0.194. The number of hydrogen-bond donors (Lipinski definition) is 2. The first-order valence-corrected chi connectivity index (χ1v) is 17.7. The third kappa shape index (κ3) is 7.45. The van der Waals surface area contributed by atoms with Crippen LogP contribution in [-0.2, 0) is 18.9 Å². The Bertz CT molecular complexity index is 2160. The van der Waals surface area contributed by atoms with Gasteiger partial charge < -0.3 is 33.8 Å². The molecule has 8 rings (SSSR count). The largest absolute Gasteiger partial charge is 0.377 e. The lowest BCUT2D eigenvalue weighted by Crippen LogP contribution is -2.31. The maximum atomic E-state index is 5.90. The van der Waals surface area contributed by atoms with Gasteiger partial charge in [-0.25, -0.2) is 4.98 Å². The van der Waals surface area contributed by atoms with Gasteiger partial charge in [-0.3, -0.25) is 0 Å². The average molecular weight is 679 g/mol. The molecule has 3 aromatic carbocycles. The molecule has 0 atom stereocenters. The topological polar surface area (TPSA) is 84.6 Å². The van der Waals surface area contributed by atoms with Crippen LogP contribution in [0.15, 0.2) is 109 Å². The standard InChI is InChI=1S/C43H42N4O4/c1-3-7-31(8-4-1)41-35-15-16-36(44-35)42(32-9-5-2-6-10-32)38-18-20-40(46-38)43(39-19-17-37(41)45-39)33-11-13-34(14-12-33)47-21-23-48-25-27-50-29-30-51-28-26-49-24-22-47/h1-20,44-45H,21-30H2. The Hall–Kier alpha value is -5.25. The smallest absolute Gasteiger partial charge is 0.0737 e. The molecule has 2 aliphatic heterocycles. The average Bonchev–Trinajstić information content (AvgIpc) is 3.96. The van der Waals surface area contributed by atoms with Crippen LogP contribution in [0.3, 0.4) is 0 Å². The minimum Gasteiger partial charge on any atom is -0.377 e. The van der Waals surface area contributed by atoms with Crippen LogP contribution in [0.5, 0.6) is 0 Å². The monoisotopic (exact) mass is 678 g/mol. The number of ether oxygens (including phenoxy) is 4. The fourth-order valence-corrected chi connectivity index (χ4v) is 6.88. The molecule has 8 nitrogen and oxygen atoms in total. The molecule has 0 aliphatic carbocycles. The van der Waals surface area contributed by atoms with Crippen molar-refractivity contribution in [2.24, 2.45) is 0 Å². The van der Waals surface area contributed by atoms with Gasteiger partial charge >= 0.3 is 0 Å². The number of aromatic nitrogens is 3. The van der Waals surface area contributed by atoms with Gasteiger partial charge in [0.25, 0.3) is 0 Å². The molecule has 0 saturated carbocycles. The van der Waals surface area contributed by atoms with Gasteiger partial charge in [0.1, 0.15) is 0 Å². The van der Waals surface area contributed by atoms with Crippen molar-refractivity contribution >= 4 is 39.9 Å². The van der Waals surface area contributed by atoms with Crippen LogP contribution in [0, 0.1) is 0 Å². The number of rotatable bonds is 4. The van der Waals surface area contributed by atoms with Gasteiger partial charge in [0.15, 0.2) is 0 Å². The number of aromatic amines is 2. The van der Waals surface area contributed by atoms with Gasteiger partial charge in [0.05, 0.1) is 64.2 Å². The number of nitrogens with zero attached hydrogens (tertiary/aromatic N) is 2. The van der Waals surface area contributed by atoms with E-state index < -0.39 is 0 Å². The van der Waals surface area contributed by atoms with Crippen LogP contribution in [0.4, 0.5) is 5.69 Å². The molecule has 2 N–H and O–H groups in total. The number of anilines is 1. The zero-order valence-electron chi connectivity index (χ0n) is 28.6. The first kappa shape index (κ1) is 32.9. The molecule has 8 heteroatoms. The van der Waals surface area contributed by atoms with E-state index in [1.54, 1.807) is 0 Å². The summed E-state index contributed by atoms with van der Waals surface area (Å²) in [7, 11) is 0. The lowest BCUT2D eigenvalue weighted by atomic mass is 10.0. The van der Waals surface area contributed by atoms with E-state index in [0.717, 1.165) is 85.6 Å². The Kier molecular flexibility index (Phi) is 10.2. The van der Waals surface area contributed by atoms with E-state index in [1.165, 1.54) is 0 Å². The summed E-state index contributed by atoms with van der Waals surface area (Å²) >= 11 is 0. The van der Waals surface area contributed by atoms with Gasteiger partial charge in [-0.15, -0.1) is 0 Å². The van der Waals surface area contributed by atoms with Gasteiger partial charge in [-0.05, 0) is 65.2 Å².